The molecule has 0 atom stereocenters. The van der Waals surface area contributed by atoms with Gasteiger partial charge < -0.3 is 4.74 Å². The van der Waals surface area contributed by atoms with Crippen molar-refractivity contribution in [3.63, 3.8) is 0 Å². The Bertz CT molecular complexity index is 1550. The molecule has 0 aliphatic heterocycles. The van der Waals surface area contributed by atoms with E-state index in [1.165, 1.54) is 27.0 Å². The zero-order chi connectivity index (χ0) is 24.4. The Labute approximate surface area is 206 Å². The molecule has 0 unspecified atom stereocenters. The molecule has 3 aromatic heterocycles. The fraction of sp³-hybridized carbons (Fsp3) is 0.148. The van der Waals surface area contributed by atoms with Crippen LogP contribution in [0.15, 0.2) is 88.8 Å². The minimum absolute atomic E-state index is 0.0152. The molecule has 2 aromatic carbocycles. The molecule has 0 aliphatic carbocycles. The summed E-state index contributed by atoms with van der Waals surface area (Å²) in [7, 11) is 3.22. The molecular weight excluding hydrogens is 463 g/mol. The highest BCUT2D eigenvalue weighted by atomic mass is 32.2. The number of rotatable bonds is 7. The second kappa shape index (κ2) is 9.76. The molecule has 35 heavy (non-hydrogen) atoms. The summed E-state index contributed by atoms with van der Waals surface area (Å²) in [5, 5.41) is 0. The van der Waals surface area contributed by atoms with Gasteiger partial charge in [0.1, 0.15) is 5.82 Å². The molecule has 0 N–H and O–H groups in total. The van der Waals surface area contributed by atoms with Crippen LogP contribution in [0.25, 0.3) is 22.2 Å². The number of methoxy groups -OCH3 is 1. The third-order valence-corrected chi connectivity index (χ3v) is 6.89. The normalized spacial score (nSPS) is 11.2. The van der Waals surface area contributed by atoms with Crippen molar-refractivity contribution in [1.29, 1.82) is 0 Å². The number of hydrogen-bond acceptors (Lipinski definition) is 5. The molecule has 176 valence electrons. The second-order valence-electron chi connectivity index (χ2n) is 8.04. The van der Waals surface area contributed by atoms with Gasteiger partial charge in [0.15, 0.2) is 0 Å². The van der Waals surface area contributed by atoms with Gasteiger partial charge in [-0.15, -0.1) is 11.8 Å². The number of ether oxygens (including phenoxy) is 1. The highest BCUT2D eigenvalue weighted by molar-refractivity contribution is 7.98. The Morgan fingerprint density at radius 1 is 1.00 bits per heavy atom. The maximum atomic E-state index is 15.1. The van der Waals surface area contributed by atoms with E-state index in [0.29, 0.717) is 22.5 Å². The summed E-state index contributed by atoms with van der Waals surface area (Å²) in [5.41, 5.74) is 3.85. The number of fused-ring (bicyclic) bond motifs is 1. The first-order valence-electron chi connectivity index (χ1n) is 11.1. The van der Waals surface area contributed by atoms with Crippen molar-refractivity contribution in [2.75, 3.05) is 7.11 Å². The lowest BCUT2D eigenvalue weighted by Crippen LogP contribution is -2.23. The first-order valence-corrected chi connectivity index (χ1v) is 12.0. The second-order valence-corrected chi connectivity index (χ2v) is 9.09. The highest BCUT2D eigenvalue weighted by Gasteiger charge is 2.21. The van der Waals surface area contributed by atoms with Gasteiger partial charge in [0.2, 0.25) is 5.88 Å². The average Bonchev–Trinajstić information content (AvgIpc) is 3.14. The predicted octanol–water partition coefficient (Wildman–Crippen LogP) is 5.29. The number of aromatic nitrogens is 4. The lowest BCUT2D eigenvalue weighted by molar-refractivity contribution is 0.400. The van der Waals surface area contributed by atoms with Crippen molar-refractivity contribution in [3.05, 3.63) is 107 Å². The molecular formula is C27H23FN4O2S. The van der Waals surface area contributed by atoms with E-state index >= 15 is 4.39 Å². The summed E-state index contributed by atoms with van der Waals surface area (Å²) in [4.78, 5) is 22.7. The van der Waals surface area contributed by atoms with Crippen LogP contribution >= 0.6 is 11.8 Å². The molecule has 0 aliphatic rings. The Morgan fingerprint density at radius 3 is 2.40 bits per heavy atom. The number of halogens is 1. The van der Waals surface area contributed by atoms with Gasteiger partial charge in [-0.3, -0.25) is 14.1 Å². The van der Waals surface area contributed by atoms with Gasteiger partial charge in [0, 0.05) is 23.9 Å². The SMILES string of the molecule is COc1ncc2c(c1-c1ccccc1)n(Cc1ncc(SCc3ccccc3)cc1F)c(=O)n2C. The Kier molecular flexibility index (Phi) is 6.37. The number of benzene rings is 2. The smallest absolute Gasteiger partial charge is 0.329 e. The number of hydrogen-bond donors (Lipinski definition) is 0. The average molecular weight is 487 g/mol. The molecule has 0 bridgehead atoms. The lowest BCUT2D eigenvalue weighted by atomic mass is 10.1. The summed E-state index contributed by atoms with van der Waals surface area (Å²) in [6, 6.07) is 21.1. The third-order valence-electron chi connectivity index (χ3n) is 5.85. The van der Waals surface area contributed by atoms with E-state index in [0.717, 1.165) is 21.8 Å². The molecule has 0 saturated carbocycles. The van der Waals surface area contributed by atoms with E-state index < -0.39 is 5.82 Å². The Balaban J connectivity index is 1.54. The molecule has 0 fully saturated rings. The molecule has 8 heteroatoms. The Morgan fingerprint density at radius 2 is 1.71 bits per heavy atom. The number of thioether (sulfide) groups is 1. The van der Waals surface area contributed by atoms with Gasteiger partial charge in [-0.2, -0.15) is 0 Å². The first-order chi connectivity index (χ1) is 17.1. The van der Waals surface area contributed by atoms with Crippen LogP contribution in [-0.2, 0) is 19.3 Å². The summed E-state index contributed by atoms with van der Waals surface area (Å²) < 4.78 is 23.7. The van der Waals surface area contributed by atoms with Crippen molar-refractivity contribution in [1.82, 2.24) is 19.1 Å². The van der Waals surface area contributed by atoms with Crippen LogP contribution in [0.2, 0.25) is 0 Å². The van der Waals surface area contributed by atoms with Crippen LogP contribution in [0.1, 0.15) is 11.3 Å². The standard InChI is InChI=1S/C27H23FN4O2S/c1-31-23-15-30-26(34-2)24(19-11-7-4-8-12-19)25(23)32(27(31)33)16-22-21(28)13-20(14-29-22)35-17-18-9-5-3-6-10-18/h3-15H,16-17H2,1-2H3. The van der Waals surface area contributed by atoms with Gasteiger partial charge >= 0.3 is 5.69 Å². The molecule has 5 aromatic rings. The summed E-state index contributed by atoms with van der Waals surface area (Å²) in [5.74, 6) is 0.663. The maximum absolute atomic E-state index is 15.1. The summed E-state index contributed by atoms with van der Waals surface area (Å²) in [6.45, 7) is -0.0152. The van der Waals surface area contributed by atoms with Gasteiger partial charge in [0.05, 0.1) is 42.1 Å². The van der Waals surface area contributed by atoms with E-state index in [4.69, 9.17) is 4.74 Å². The fourth-order valence-corrected chi connectivity index (χ4v) is 4.91. The van der Waals surface area contributed by atoms with E-state index in [1.807, 2.05) is 60.7 Å². The largest absolute Gasteiger partial charge is 0.480 e. The number of nitrogens with zero attached hydrogens (tertiary/aromatic N) is 4. The minimum Gasteiger partial charge on any atom is -0.480 e. The summed E-state index contributed by atoms with van der Waals surface area (Å²) in [6.07, 6.45) is 3.26. The lowest BCUT2D eigenvalue weighted by Gasteiger charge is -2.12. The first kappa shape index (κ1) is 22.9. The molecule has 0 radical (unpaired) electrons. The Hall–Kier alpha value is -3.91. The van der Waals surface area contributed by atoms with Crippen molar-refractivity contribution in [2.24, 2.45) is 7.05 Å². The van der Waals surface area contributed by atoms with Crippen LogP contribution in [-0.4, -0.2) is 26.2 Å². The number of aryl methyl sites for hydroxylation is 1. The van der Waals surface area contributed by atoms with Crippen molar-refractivity contribution in [3.8, 4) is 17.0 Å². The maximum Gasteiger partial charge on any atom is 0.329 e. The number of imidazole rings is 1. The van der Waals surface area contributed by atoms with Gasteiger partial charge in [-0.05, 0) is 17.2 Å². The van der Waals surface area contributed by atoms with E-state index in [9.17, 15) is 4.79 Å². The predicted molar refractivity (Wildman–Crippen MR) is 136 cm³/mol. The monoisotopic (exact) mass is 486 g/mol. The van der Waals surface area contributed by atoms with E-state index in [1.54, 1.807) is 26.6 Å². The van der Waals surface area contributed by atoms with Crippen LogP contribution in [0.4, 0.5) is 4.39 Å². The molecule has 6 nitrogen and oxygen atoms in total. The molecule has 0 amide bonds. The highest BCUT2D eigenvalue weighted by Crippen LogP contribution is 2.35. The van der Waals surface area contributed by atoms with Crippen LogP contribution in [0.5, 0.6) is 5.88 Å². The van der Waals surface area contributed by atoms with Gasteiger partial charge in [-0.25, -0.2) is 14.2 Å². The van der Waals surface area contributed by atoms with Gasteiger partial charge in [0.25, 0.3) is 0 Å². The van der Waals surface area contributed by atoms with Crippen LogP contribution in [0, 0.1) is 5.82 Å². The quantitative estimate of drug-likeness (QED) is 0.293. The summed E-state index contributed by atoms with van der Waals surface area (Å²) >= 11 is 1.52. The molecule has 0 saturated heterocycles. The fourth-order valence-electron chi connectivity index (χ4n) is 4.07. The third kappa shape index (κ3) is 4.44. The van der Waals surface area contributed by atoms with Crippen LogP contribution in [0.3, 0.4) is 0 Å². The zero-order valence-corrected chi connectivity index (χ0v) is 20.1. The molecule has 3 heterocycles. The van der Waals surface area contributed by atoms with Crippen molar-refractivity contribution >= 4 is 22.8 Å². The minimum atomic E-state index is -0.450. The number of pyridine rings is 2. The topological polar surface area (TPSA) is 61.9 Å². The molecule has 5 rings (SSSR count). The van der Waals surface area contributed by atoms with Crippen LogP contribution < -0.4 is 10.4 Å². The zero-order valence-electron chi connectivity index (χ0n) is 19.3. The van der Waals surface area contributed by atoms with Gasteiger partial charge in [-0.1, -0.05) is 60.7 Å². The molecule has 0 spiro atoms. The van der Waals surface area contributed by atoms with E-state index in [2.05, 4.69) is 9.97 Å². The van der Waals surface area contributed by atoms with Crippen molar-refractivity contribution < 1.29 is 9.13 Å². The van der Waals surface area contributed by atoms with Crippen molar-refractivity contribution in [2.45, 2.75) is 17.2 Å². The van der Waals surface area contributed by atoms with E-state index in [-0.39, 0.29) is 17.9 Å².